The van der Waals surface area contributed by atoms with Crippen molar-refractivity contribution in [3.05, 3.63) is 0 Å². The zero-order chi connectivity index (χ0) is 14.9. The molecule has 2 aliphatic rings. The molecule has 0 amide bonds. The van der Waals surface area contributed by atoms with Gasteiger partial charge in [0.05, 0.1) is 5.92 Å². The average Bonchev–Trinajstić information content (AvgIpc) is 2.37. The molecule has 2 heteroatoms. The number of carbonyl (C=O) groups is 1. The van der Waals surface area contributed by atoms with Crippen molar-refractivity contribution in [2.45, 2.75) is 72.6 Å². The van der Waals surface area contributed by atoms with Crippen LogP contribution >= 0.6 is 0 Å². The molecule has 0 aromatic carbocycles. The molecular formula is C18H32O2. The summed E-state index contributed by atoms with van der Waals surface area (Å²) in [5.74, 6) is 1.95. The molecule has 0 aromatic heterocycles. The predicted molar refractivity (Wildman–Crippen MR) is 82.5 cm³/mol. The van der Waals surface area contributed by atoms with Crippen LogP contribution < -0.4 is 0 Å². The molecule has 0 heterocycles. The molecule has 20 heavy (non-hydrogen) atoms. The summed E-state index contributed by atoms with van der Waals surface area (Å²) in [6.07, 6.45) is 8.28. The van der Waals surface area contributed by atoms with Gasteiger partial charge in [0.1, 0.15) is 0 Å². The van der Waals surface area contributed by atoms with Crippen LogP contribution in [0.5, 0.6) is 0 Å². The third-order valence-corrected chi connectivity index (χ3v) is 6.02. The minimum atomic E-state index is -0.541. The van der Waals surface area contributed by atoms with Crippen molar-refractivity contribution in [2.24, 2.45) is 35.0 Å². The zero-order valence-electron chi connectivity index (χ0n) is 13.7. The highest BCUT2D eigenvalue weighted by atomic mass is 16.4. The van der Waals surface area contributed by atoms with Crippen molar-refractivity contribution in [2.75, 3.05) is 0 Å². The summed E-state index contributed by atoms with van der Waals surface area (Å²) in [7, 11) is 0. The van der Waals surface area contributed by atoms with Gasteiger partial charge in [0, 0.05) is 0 Å². The third kappa shape index (κ3) is 3.56. The molecule has 0 saturated heterocycles. The lowest BCUT2D eigenvalue weighted by molar-refractivity contribution is -0.147. The fourth-order valence-corrected chi connectivity index (χ4v) is 4.69. The fourth-order valence-electron chi connectivity index (χ4n) is 4.69. The van der Waals surface area contributed by atoms with Crippen molar-refractivity contribution < 1.29 is 9.90 Å². The summed E-state index contributed by atoms with van der Waals surface area (Å²) in [6.45, 7) is 9.30. The van der Waals surface area contributed by atoms with E-state index in [1.54, 1.807) is 0 Å². The van der Waals surface area contributed by atoms with Gasteiger partial charge in [-0.3, -0.25) is 4.79 Å². The van der Waals surface area contributed by atoms with Crippen LogP contribution in [0.1, 0.15) is 72.6 Å². The molecule has 2 aliphatic carbocycles. The van der Waals surface area contributed by atoms with Gasteiger partial charge in [0.15, 0.2) is 0 Å². The largest absolute Gasteiger partial charge is 0.481 e. The molecule has 1 N–H and O–H groups in total. The quantitative estimate of drug-likeness (QED) is 0.775. The minimum Gasteiger partial charge on any atom is -0.481 e. The topological polar surface area (TPSA) is 37.3 Å². The van der Waals surface area contributed by atoms with Crippen LogP contribution in [0, 0.1) is 35.0 Å². The summed E-state index contributed by atoms with van der Waals surface area (Å²) >= 11 is 0. The van der Waals surface area contributed by atoms with E-state index in [1.165, 1.54) is 25.7 Å². The highest BCUT2D eigenvalue weighted by molar-refractivity contribution is 5.70. The van der Waals surface area contributed by atoms with E-state index in [0.717, 1.165) is 25.2 Å². The Labute approximate surface area is 124 Å². The maximum atomic E-state index is 11.6. The Morgan fingerprint density at radius 3 is 2.30 bits per heavy atom. The first kappa shape index (κ1) is 15.9. The molecular weight excluding hydrogens is 248 g/mol. The maximum Gasteiger partial charge on any atom is 0.306 e. The molecule has 0 spiro atoms. The molecule has 2 rings (SSSR count). The van der Waals surface area contributed by atoms with E-state index in [-0.39, 0.29) is 5.92 Å². The summed E-state index contributed by atoms with van der Waals surface area (Å²) < 4.78 is 0. The van der Waals surface area contributed by atoms with Crippen LogP contribution in [0.15, 0.2) is 0 Å². The van der Waals surface area contributed by atoms with Crippen LogP contribution in [0.3, 0.4) is 0 Å². The van der Waals surface area contributed by atoms with Crippen LogP contribution in [-0.4, -0.2) is 11.1 Å². The monoisotopic (exact) mass is 280 g/mol. The average molecular weight is 280 g/mol. The first-order chi connectivity index (χ1) is 9.29. The lowest BCUT2D eigenvalue weighted by Gasteiger charge is -2.45. The summed E-state index contributed by atoms with van der Waals surface area (Å²) in [5, 5.41) is 9.59. The number of hydrogen-bond acceptors (Lipinski definition) is 1. The van der Waals surface area contributed by atoms with E-state index >= 15 is 0 Å². The van der Waals surface area contributed by atoms with E-state index in [1.807, 2.05) is 0 Å². The molecule has 116 valence electrons. The number of rotatable bonds is 2. The summed E-state index contributed by atoms with van der Waals surface area (Å²) in [5.41, 5.74) is 0.321. The second kappa shape index (κ2) is 6.07. The van der Waals surface area contributed by atoms with E-state index in [0.29, 0.717) is 23.2 Å². The van der Waals surface area contributed by atoms with Gasteiger partial charge in [-0.15, -0.1) is 0 Å². The fraction of sp³-hybridized carbons (Fsp3) is 0.944. The molecule has 2 nitrogen and oxygen atoms in total. The Hall–Kier alpha value is -0.530. The first-order valence-corrected chi connectivity index (χ1v) is 8.52. The summed E-state index contributed by atoms with van der Waals surface area (Å²) in [4.78, 5) is 11.6. The molecule has 0 bridgehead atoms. The van der Waals surface area contributed by atoms with Crippen molar-refractivity contribution in [3.8, 4) is 0 Å². The molecule has 0 aliphatic heterocycles. The normalized spacial score (nSPS) is 39.5. The van der Waals surface area contributed by atoms with Gasteiger partial charge in [-0.25, -0.2) is 0 Å². The smallest absolute Gasteiger partial charge is 0.306 e. The Morgan fingerprint density at radius 1 is 1.05 bits per heavy atom. The predicted octanol–water partition coefficient (Wildman–Crippen LogP) is 4.98. The van der Waals surface area contributed by atoms with Crippen LogP contribution in [0.4, 0.5) is 0 Å². The number of hydrogen-bond donors (Lipinski definition) is 1. The molecule has 0 aromatic rings. The molecule has 5 unspecified atom stereocenters. The maximum absolute atomic E-state index is 11.6. The zero-order valence-corrected chi connectivity index (χ0v) is 13.7. The lowest BCUT2D eigenvalue weighted by atomic mass is 9.60. The Kier molecular flexibility index (Phi) is 4.81. The Balaban J connectivity index is 2.12. The van der Waals surface area contributed by atoms with Gasteiger partial charge in [0.2, 0.25) is 0 Å². The Bertz CT molecular complexity index is 342. The third-order valence-electron chi connectivity index (χ3n) is 6.02. The van der Waals surface area contributed by atoms with Gasteiger partial charge in [-0.1, -0.05) is 47.0 Å². The Morgan fingerprint density at radius 2 is 1.75 bits per heavy atom. The second-order valence-electron chi connectivity index (χ2n) is 8.52. The molecule has 5 atom stereocenters. The van der Waals surface area contributed by atoms with E-state index in [9.17, 15) is 9.90 Å². The van der Waals surface area contributed by atoms with Crippen molar-refractivity contribution in [1.82, 2.24) is 0 Å². The van der Waals surface area contributed by atoms with Crippen LogP contribution in [0.25, 0.3) is 0 Å². The van der Waals surface area contributed by atoms with E-state index < -0.39 is 5.97 Å². The van der Waals surface area contributed by atoms with E-state index in [2.05, 4.69) is 27.7 Å². The minimum absolute atomic E-state index is 0.0797. The molecule has 2 saturated carbocycles. The lowest BCUT2D eigenvalue weighted by Crippen LogP contribution is -2.40. The molecule has 0 radical (unpaired) electrons. The standard InChI is InChI=1S/C18H32O2/c1-12-6-5-7-13(10-12)16-11-14(18(2,3)4)8-9-15(16)17(19)20/h12-16H,5-11H2,1-4H3,(H,19,20). The van der Waals surface area contributed by atoms with Gasteiger partial charge in [-0.2, -0.15) is 0 Å². The molecule has 2 fully saturated rings. The highest BCUT2D eigenvalue weighted by Crippen LogP contribution is 2.48. The van der Waals surface area contributed by atoms with Crippen LogP contribution in [0.2, 0.25) is 0 Å². The second-order valence-corrected chi connectivity index (χ2v) is 8.52. The van der Waals surface area contributed by atoms with Gasteiger partial charge in [-0.05, 0) is 54.8 Å². The number of aliphatic carboxylic acids is 1. The van der Waals surface area contributed by atoms with Crippen molar-refractivity contribution >= 4 is 5.97 Å². The van der Waals surface area contributed by atoms with E-state index in [4.69, 9.17) is 0 Å². The van der Waals surface area contributed by atoms with Crippen LogP contribution in [-0.2, 0) is 4.79 Å². The highest BCUT2D eigenvalue weighted by Gasteiger charge is 2.42. The van der Waals surface area contributed by atoms with Crippen molar-refractivity contribution in [1.29, 1.82) is 0 Å². The van der Waals surface area contributed by atoms with Gasteiger partial charge >= 0.3 is 5.97 Å². The van der Waals surface area contributed by atoms with Crippen molar-refractivity contribution in [3.63, 3.8) is 0 Å². The first-order valence-electron chi connectivity index (χ1n) is 8.52. The number of carboxylic acid groups (broad SMARTS) is 1. The summed E-state index contributed by atoms with van der Waals surface area (Å²) in [6, 6.07) is 0. The number of carboxylic acids is 1. The van der Waals surface area contributed by atoms with Gasteiger partial charge in [0.25, 0.3) is 0 Å². The van der Waals surface area contributed by atoms with Gasteiger partial charge < -0.3 is 5.11 Å². The SMILES string of the molecule is CC1CCCC(C2CC(C(C)(C)C)CCC2C(=O)O)C1.